The number of carbonyl (C=O) groups excluding carboxylic acids is 2. The van der Waals surface area contributed by atoms with Crippen LogP contribution in [0.15, 0.2) is 48.8 Å². The second-order valence-electron chi connectivity index (χ2n) is 4.36. The summed E-state index contributed by atoms with van der Waals surface area (Å²) in [5.74, 6) is -0.00938. The molecule has 0 fully saturated rings. The molecular weight excluding hydrogens is 284 g/mol. The second kappa shape index (κ2) is 7.78. The molecule has 0 aliphatic carbocycles. The van der Waals surface area contributed by atoms with Crippen LogP contribution in [0.25, 0.3) is 0 Å². The van der Waals surface area contributed by atoms with Crippen LogP contribution < -0.4 is 10.1 Å². The molecule has 1 N–H and O–H groups in total. The van der Waals surface area contributed by atoms with E-state index in [4.69, 9.17) is 9.47 Å². The molecule has 0 aliphatic rings. The molecule has 114 valence electrons. The highest BCUT2D eigenvalue weighted by atomic mass is 16.5. The molecule has 0 spiro atoms. The van der Waals surface area contributed by atoms with Crippen molar-refractivity contribution in [2.24, 2.45) is 0 Å². The van der Waals surface area contributed by atoms with Gasteiger partial charge in [-0.3, -0.25) is 9.78 Å². The molecule has 0 unspecified atom stereocenters. The van der Waals surface area contributed by atoms with Crippen molar-refractivity contribution >= 4 is 11.9 Å². The first-order chi connectivity index (χ1) is 10.7. The predicted octanol–water partition coefficient (Wildman–Crippen LogP) is 1.68. The number of carbonyl (C=O) groups is 2. The fourth-order valence-corrected chi connectivity index (χ4v) is 1.72. The van der Waals surface area contributed by atoms with Crippen LogP contribution >= 0.6 is 0 Å². The van der Waals surface area contributed by atoms with Crippen LogP contribution in [0.2, 0.25) is 0 Å². The van der Waals surface area contributed by atoms with E-state index in [2.05, 4.69) is 10.3 Å². The lowest BCUT2D eigenvalue weighted by Gasteiger charge is -2.07. The Kier molecular flexibility index (Phi) is 5.48. The van der Waals surface area contributed by atoms with Gasteiger partial charge in [-0.05, 0) is 36.4 Å². The number of rotatable bonds is 6. The third-order valence-corrected chi connectivity index (χ3v) is 2.89. The first-order valence-electron chi connectivity index (χ1n) is 6.70. The van der Waals surface area contributed by atoms with Gasteiger partial charge in [0.25, 0.3) is 5.91 Å². The summed E-state index contributed by atoms with van der Waals surface area (Å²) in [5, 5.41) is 2.66. The zero-order valence-electron chi connectivity index (χ0n) is 12.1. The minimum absolute atomic E-state index is 0.0989. The molecule has 6 nitrogen and oxygen atoms in total. The van der Waals surface area contributed by atoms with Gasteiger partial charge in [0.15, 0.2) is 0 Å². The summed E-state index contributed by atoms with van der Waals surface area (Å²) in [7, 11) is 1.55. The molecule has 1 aromatic heterocycles. The van der Waals surface area contributed by atoms with Crippen molar-refractivity contribution in [3.8, 4) is 5.75 Å². The maximum Gasteiger partial charge on any atom is 0.338 e. The van der Waals surface area contributed by atoms with Crippen LogP contribution in [0.4, 0.5) is 0 Å². The van der Waals surface area contributed by atoms with Crippen molar-refractivity contribution in [2.45, 2.75) is 0 Å². The summed E-state index contributed by atoms with van der Waals surface area (Å²) >= 11 is 0. The maximum absolute atomic E-state index is 11.8. The number of nitrogens with zero attached hydrogens (tertiary/aromatic N) is 1. The summed E-state index contributed by atoms with van der Waals surface area (Å²) in [6.45, 7) is 0.338. The molecule has 0 saturated heterocycles. The number of aromatic nitrogens is 1. The topological polar surface area (TPSA) is 77.5 Å². The minimum Gasteiger partial charge on any atom is -0.497 e. The van der Waals surface area contributed by atoms with Crippen molar-refractivity contribution in [2.75, 3.05) is 20.3 Å². The van der Waals surface area contributed by atoms with Crippen LogP contribution in [0.1, 0.15) is 20.7 Å². The van der Waals surface area contributed by atoms with Crippen molar-refractivity contribution in [1.82, 2.24) is 10.3 Å². The molecule has 0 aliphatic heterocycles. The molecule has 1 heterocycles. The van der Waals surface area contributed by atoms with E-state index >= 15 is 0 Å². The van der Waals surface area contributed by atoms with Gasteiger partial charge in [0, 0.05) is 18.0 Å². The monoisotopic (exact) mass is 300 g/mol. The molecule has 22 heavy (non-hydrogen) atoms. The summed E-state index contributed by atoms with van der Waals surface area (Å²) < 4.78 is 10.1. The average molecular weight is 300 g/mol. The molecule has 6 heteroatoms. The van der Waals surface area contributed by atoms with Crippen molar-refractivity contribution in [3.63, 3.8) is 0 Å². The smallest absolute Gasteiger partial charge is 0.338 e. The Morgan fingerprint density at radius 3 is 2.36 bits per heavy atom. The Morgan fingerprint density at radius 1 is 1.05 bits per heavy atom. The molecule has 1 aromatic carbocycles. The van der Waals surface area contributed by atoms with Gasteiger partial charge in [-0.1, -0.05) is 0 Å². The Hall–Kier alpha value is -2.89. The zero-order chi connectivity index (χ0) is 15.8. The van der Waals surface area contributed by atoms with Gasteiger partial charge >= 0.3 is 5.97 Å². The van der Waals surface area contributed by atoms with E-state index in [1.54, 1.807) is 55.9 Å². The molecule has 0 radical (unpaired) electrons. The number of benzene rings is 1. The van der Waals surface area contributed by atoms with E-state index in [-0.39, 0.29) is 19.1 Å². The maximum atomic E-state index is 11.8. The van der Waals surface area contributed by atoms with Crippen molar-refractivity contribution in [1.29, 1.82) is 0 Å². The van der Waals surface area contributed by atoms with Crippen molar-refractivity contribution in [3.05, 3.63) is 59.9 Å². The summed E-state index contributed by atoms with van der Waals surface area (Å²) in [6, 6.07) is 9.83. The molecule has 0 atom stereocenters. The lowest BCUT2D eigenvalue weighted by Crippen LogP contribution is -2.28. The van der Waals surface area contributed by atoms with Gasteiger partial charge < -0.3 is 14.8 Å². The van der Waals surface area contributed by atoms with Gasteiger partial charge in [-0.2, -0.15) is 0 Å². The van der Waals surface area contributed by atoms with E-state index in [9.17, 15) is 9.59 Å². The molecular formula is C16H16N2O4. The molecule has 2 rings (SSSR count). The molecule has 0 bridgehead atoms. The largest absolute Gasteiger partial charge is 0.497 e. The van der Waals surface area contributed by atoms with Crippen LogP contribution in [0, 0.1) is 0 Å². The minimum atomic E-state index is -0.444. The third kappa shape index (κ3) is 4.31. The second-order valence-corrected chi connectivity index (χ2v) is 4.36. The summed E-state index contributed by atoms with van der Waals surface area (Å²) in [4.78, 5) is 27.3. The first-order valence-corrected chi connectivity index (χ1v) is 6.70. The number of esters is 1. The van der Waals surface area contributed by atoms with Gasteiger partial charge in [0.1, 0.15) is 12.4 Å². The number of hydrogen-bond donors (Lipinski definition) is 1. The molecule has 0 saturated carbocycles. The van der Waals surface area contributed by atoms with Crippen LogP contribution in [0.5, 0.6) is 5.75 Å². The number of ether oxygens (including phenoxy) is 2. The van der Waals surface area contributed by atoms with Crippen LogP contribution in [-0.4, -0.2) is 37.1 Å². The van der Waals surface area contributed by atoms with E-state index in [1.165, 1.54) is 0 Å². The van der Waals surface area contributed by atoms with E-state index in [0.29, 0.717) is 16.9 Å². The first kappa shape index (κ1) is 15.5. The van der Waals surface area contributed by atoms with E-state index in [1.807, 2.05) is 0 Å². The highest BCUT2D eigenvalue weighted by molar-refractivity contribution is 5.94. The Balaban J connectivity index is 1.74. The normalized spacial score (nSPS) is 9.86. The Labute approximate surface area is 128 Å². The van der Waals surface area contributed by atoms with Gasteiger partial charge in [-0.25, -0.2) is 4.79 Å². The number of pyridine rings is 1. The predicted molar refractivity (Wildman–Crippen MR) is 79.8 cm³/mol. The highest BCUT2D eigenvalue weighted by Gasteiger charge is 2.08. The van der Waals surface area contributed by atoms with Crippen molar-refractivity contribution < 1.29 is 19.1 Å². The fraction of sp³-hybridized carbons (Fsp3) is 0.188. The highest BCUT2D eigenvalue weighted by Crippen LogP contribution is 2.11. The standard InChI is InChI=1S/C16H16N2O4/c1-21-14-4-2-13(3-5-14)16(20)22-11-10-18-15(19)12-6-8-17-9-7-12/h2-9H,10-11H2,1H3,(H,18,19). The number of hydrogen-bond acceptors (Lipinski definition) is 5. The van der Waals surface area contributed by atoms with Gasteiger partial charge in [0.2, 0.25) is 0 Å². The SMILES string of the molecule is COc1ccc(C(=O)OCCNC(=O)c2ccncc2)cc1. The van der Waals surface area contributed by atoms with Gasteiger partial charge in [-0.15, -0.1) is 0 Å². The number of amides is 1. The third-order valence-electron chi connectivity index (χ3n) is 2.89. The summed E-state index contributed by atoms with van der Waals surface area (Å²) in [6.07, 6.45) is 3.08. The number of nitrogens with one attached hydrogen (secondary N) is 1. The zero-order valence-corrected chi connectivity index (χ0v) is 12.1. The summed E-state index contributed by atoms with van der Waals surface area (Å²) in [5.41, 5.74) is 0.942. The van der Waals surface area contributed by atoms with Gasteiger partial charge in [0.05, 0.1) is 19.2 Å². The van der Waals surface area contributed by atoms with Crippen LogP contribution in [-0.2, 0) is 4.74 Å². The van der Waals surface area contributed by atoms with E-state index in [0.717, 1.165) is 0 Å². The Bertz CT molecular complexity index is 626. The van der Waals surface area contributed by atoms with E-state index < -0.39 is 5.97 Å². The number of methoxy groups -OCH3 is 1. The fourth-order valence-electron chi connectivity index (χ4n) is 1.72. The lowest BCUT2D eigenvalue weighted by atomic mass is 10.2. The average Bonchev–Trinajstić information content (AvgIpc) is 2.59. The molecule has 2 aromatic rings. The molecule has 1 amide bonds. The lowest BCUT2D eigenvalue weighted by molar-refractivity contribution is 0.0503. The van der Waals surface area contributed by atoms with Crippen LogP contribution in [0.3, 0.4) is 0 Å². The quantitative estimate of drug-likeness (QED) is 0.648. The Morgan fingerprint density at radius 2 is 1.73 bits per heavy atom.